The zero-order valence-electron chi connectivity index (χ0n) is 8.60. The van der Waals surface area contributed by atoms with Crippen LogP contribution in [0.4, 0.5) is 13.2 Å². The minimum Gasteiger partial charge on any atom is -0.392 e. The number of aromatic nitrogens is 2. The predicted molar refractivity (Wildman–Crippen MR) is 48.3 cm³/mol. The fourth-order valence-electron chi connectivity index (χ4n) is 1.41. The molecule has 0 unspecified atom stereocenters. The fourth-order valence-corrected chi connectivity index (χ4v) is 1.41. The molecule has 1 rings (SSSR count). The van der Waals surface area contributed by atoms with E-state index >= 15 is 0 Å². The molecule has 0 saturated heterocycles. The molecule has 0 fully saturated rings. The van der Waals surface area contributed by atoms with Crippen molar-refractivity contribution in [2.24, 2.45) is 0 Å². The molecule has 3 nitrogen and oxygen atoms in total. The first-order chi connectivity index (χ1) is 6.85. The molecule has 0 aliphatic heterocycles. The molecule has 1 heterocycles. The second-order valence-corrected chi connectivity index (χ2v) is 3.40. The van der Waals surface area contributed by atoms with Crippen LogP contribution in [0.3, 0.4) is 0 Å². The molecule has 0 aliphatic rings. The van der Waals surface area contributed by atoms with Crippen LogP contribution in [0.15, 0.2) is 0 Å². The van der Waals surface area contributed by atoms with E-state index in [2.05, 4.69) is 5.10 Å². The average Bonchev–Trinajstić information content (AvgIpc) is 2.37. The van der Waals surface area contributed by atoms with Gasteiger partial charge in [0.25, 0.3) is 0 Å². The van der Waals surface area contributed by atoms with Gasteiger partial charge in [0.2, 0.25) is 0 Å². The van der Waals surface area contributed by atoms with Crippen LogP contribution in [0.25, 0.3) is 0 Å². The van der Waals surface area contributed by atoms with E-state index in [9.17, 15) is 13.2 Å². The molecule has 0 atom stereocenters. The standard InChI is InChI=1S/C9H13F3N2O/c1-6-8(5-15)7(2)14(13-6)4-3-9(10,11)12/h15H,3-5H2,1-2H3. The van der Waals surface area contributed by atoms with E-state index in [1.807, 2.05) is 0 Å². The molecule has 1 N–H and O–H groups in total. The summed E-state index contributed by atoms with van der Waals surface area (Å²) >= 11 is 0. The van der Waals surface area contributed by atoms with Gasteiger partial charge in [0.05, 0.1) is 18.7 Å². The maximum absolute atomic E-state index is 12.0. The van der Waals surface area contributed by atoms with E-state index in [0.717, 1.165) is 0 Å². The zero-order chi connectivity index (χ0) is 11.6. The van der Waals surface area contributed by atoms with Crippen LogP contribution in [0, 0.1) is 13.8 Å². The topological polar surface area (TPSA) is 38.0 Å². The summed E-state index contributed by atoms with van der Waals surface area (Å²) in [5.74, 6) is 0. The Morgan fingerprint density at radius 1 is 1.33 bits per heavy atom. The van der Waals surface area contributed by atoms with E-state index in [1.165, 1.54) is 4.68 Å². The molecule has 1 aromatic rings. The van der Waals surface area contributed by atoms with E-state index in [-0.39, 0.29) is 13.2 Å². The number of hydrogen-bond acceptors (Lipinski definition) is 2. The highest BCUT2D eigenvalue weighted by Crippen LogP contribution is 2.21. The van der Waals surface area contributed by atoms with Crippen molar-refractivity contribution in [2.45, 2.75) is 39.6 Å². The van der Waals surface area contributed by atoms with Crippen molar-refractivity contribution in [3.05, 3.63) is 17.0 Å². The van der Waals surface area contributed by atoms with Crippen molar-refractivity contribution in [3.63, 3.8) is 0 Å². The van der Waals surface area contributed by atoms with Gasteiger partial charge in [-0.2, -0.15) is 18.3 Å². The third-order valence-electron chi connectivity index (χ3n) is 2.30. The Bertz CT molecular complexity index is 344. The van der Waals surface area contributed by atoms with Crippen molar-refractivity contribution >= 4 is 0 Å². The van der Waals surface area contributed by atoms with E-state index in [1.54, 1.807) is 13.8 Å². The first-order valence-electron chi connectivity index (χ1n) is 4.55. The predicted octanol–water partition coefficient (Wildman–Crippen LogP) is 1.94. The smallest absolute Gasteiger partial charge is 0.390 e. The number of hydrogen-bond donors (Lipinski definition) is 1. The maximum Gasteiger partial charge on any atom is 0.390 e. The van der Waals surface area contributed by atoms with Gasteiger partial charge in [-0.1, -0.05) is 0 Å². The zero-order valence-corrected chi connectivity index (χ0v) is 8.60. The lowest BCUT2D eigenvalue weighted by molar-refractivity contribution is -0.137. The second kappa shape index (κ2) is 4.22. The SMILES string of the molecule is Cc1nn(CCC(F)(F)F)c(C)c1CO. The first-order valence-corrected chi connectivity index (χ1v) is 4.55. The summed E-state index contributed by atoms with van der Waals surface area (Å²) in [6, 6.07) is 0. The van der Waals surface area contributed by atoms with Gasteiger partial charge in [0, 0.05) is 17.8 Å². The molecule has 0 spiro atoms. The van der Waals surface area contributed by atoms with Crippen LogP contribution in [0.2, 0.25) is 0 Å². The van der Waals surface area contributed by atoms with Gasteiger partial charge >= 0.3 is 6.18 Å². The van der Waals surface area contributed by atoms with Crippen LogP contribution in [-0.4, -0.2) is 21.1 Å². The molecule has 15 heavy (non-hydrogen) atoms. The van der Waals surface area contributed by atoms with Crippen LogP contribution >= 0.6 is 0 Å². The van der Waals surface area contributed by atoms with E-state index < -0.39 is 12.6 Å². The van der Waals surface area contributed by atoms with Crippen molar-refractivity contribution in [2.75, 3.05) is 0 Å². The van der Waals surface area contributed by atoms with Gasteiger partial charge in [-0.3, -0.25) is 4.68 Å². The number of aliphatic hydroxyl groups is 1. The van der Waals surface area contributed by atoms with Crippen LogP contribution in [0.1, 0.15) is 23.4 Å². The molecule has 0 radical (unpaired) electrons. The molecular formula is C9H13F3N2O. The van der Waals surface area contributed by atoms with E-state index in [0.29, 0.717) is 17.0 Å². The molecule has 0 saturated carbocycles. The van der Waals surface area contributed by atoms with Crippen molar-refractivity contribution in [1.29, 1.82) is 0 Å². The Kier molecular flexibility index (Phi) is 3.38. The van der Waals surface area contributed by atoms with Gasteiger partial charge in [0.1, 0.15) is 0 Å². The summed E-state index contributed by atoms with van der Waals surface area (Å²) < 4.78 is 37.2. The average molecular weight is 222 g/mol. The van der Waals surface area contributed by atoms with Gasteiger partial charge < -0.3 is 5.11 Å². The molecular weight excluding hydrogens is 209 g/mol. The van der Waals surface area contributed by atoms with Crippen molar-refractivity contribution in [3.8, 4) is 0 Å². The normalized spacial score (nSPS) is 12.1. The third kappa shape index (κ3) is 2.95. The fraction of sp³-hybridized carbons (Fsp3) is 0.667. The molecule has 6 heteroatoms. The lowest BCUT2D eigenvalue weighted by Gasteiger charge is -2.07. The monoisotopic (exact) mass is 222 g/mol. The molecule has 0 amide bonds. The van der Waals surface area contributed by atoms with E-state index in [4.69, 9.17) is 5.11 Å². The Hall–Kier alpha value is -1.04. The van der Waals surface area contributed by atoms with Crippen LogP contribution in [0.5, 0.6) is 0 Å². The number of nitrogens with zero attached hydrogens (tertiary/aromatic N) is 2. The molecule has 86 valence electrons. The molecule has 0 bridgehead atoms. The largest absolute Gasteiger partial charge is 0.392 e. The molecule has 0 aromatic carbocycles. The summed E-state index contributed by atoms with van der Waals surface area (Å²) in [6.45, 7) is 2.93. The Balaban J connectivity index is 2.79. The quantitative estimate of drug-likeness (QED) is 0.848. The van der Waals surface area contributed by atoms with Crippen molar-refractivity contribution < 1.29 is 18.3 Å². The summed E-state index contributed by atoms with van der Waals surface area (Å²) in [4.78, 5) is 0. The Morgan fingerprint density at radius 3 is 2.33 bits per heavy atom. The molecule has 0 aliphatic carbocycles. The van der Waals surface area contributed by atoms with Gasteiger partial charge in [-0.25, -0.2) is 0 Å². The number of rotatable bonds is 3. The summed E-state index contributed by atoms with van der Waals surface area (Å²) in [7, 11) is 0. The van der Waals surface area contributed by atoms with Crippen molar-refractivity contribution in [1.82, 2.24) is 9.78 Å². The number of aryl methyl sites for hydroxylation is 2. The van der Waals surface area contributed by atoms with Gasteiger partial charge in [-0.05, 0) is 13.8 Å². The first kappa shape index (κ1) is 12.0. The number of alkyl halides is 3. The highest BCUT2D eigenvalue weighted by molar-refractivity contribution is 5.23. The highest BCUT2D eigenvalue weighted by Gasteiger charge is 2.27. The van der Waals surface area contributed by atoms with Crippen LogP contribution < -0.4 is 0 Å². The molecule has 1 aromatic heterocycles. The summed E-state index contributed by atoms with van der Waals surface area (Å²) in [5.41, 5.74) is 1.79. The summed E-state index contributed by atoms with van der Waals surface area (Å²) in [6.07, 6.45) is -5.08. The highest BCUT2D eigenvalue weighted by atomic mass is 19.4. The second-order valence-electron chi connectivity index (χ2n) is 3.40. The Morgan fingerprint density at radius 2 is 1.93 bits per heavy atom. The third-order valence-corrected chi connectivity index (χ3v) is 2.30. The number of aliphatic hydroxyl groups excluding tert-OH is 1. The summed E-state index contributed by atoms with van der Waals surface area (Å²) in [5, 5.41) is 12.9. The Labute approximate surface area is 85.5 Å². The van der Waals surface area contributed by atoms with Crippen LogP contribution in [-0.2, 0) is 13.2 Å². The van der Waals surface area contributed by atoms with Gasteiger partial charge in [-0.15, -0.1) is 0 Å². The lowest BCUT2D eigenvalue weighted by atomic mass is 10.2. The minimum atomic E-state index is -4.17. The maximum atomic E-state index is 12.0. The minimum absolute atomic E-state index is 0.191. The number of halogens is 3. The van der Waals surface area contributed by atoms with Gasteiger partial charge in [0.15, 0.2) is 0 Å². The lowest BCUT2D eigenvalue weighted by Crippen LogP contribution is -2.14.